The number of anilines is 2. The summed E-state index contributed by atoms with van der Waals surface area (Å²) in [6, 6.07) is 13.0. The molecule has 7 nitrogen and oxygen atoms in total. The van der Waals surface area contributed by atoms with Crippen LogP contribution in [0.4, 0.5) is 15.9 Å². The normalized spacial score (nSPS) is 10.4. The Morgan fingerprint density at radius 1 is 1.15 bits per heavy atom. The van der Waals surface area contributed by atoms with Gasteiger partial charge in [0.1, 0.15) is 30.3 Å². The van der Waals surface area contributed by atoms with Gasteiger partial charge in [-0.2, -0.15) is 4.98 Å². The van der Waals surface area contributed by atoms with Gasteiger partial charge in [-0.15, -0.1) is 0 Å². The Hall–Kier alpha value is -3.52. The van der Waals surface area contributed by atoms with Gasteiger partial charge in [-0.25, -0.2) is 9.37 Å². The van der Waals surface area contributed by atoms with Crippen molar-refractivity contribution in [2.24, 2.45) is 0 Å². The first-order valence-electron chi connectivity index (χ1n) is 8.09. The highest BCUT2D eigenvalue weighted by Gasteiger charge is 2.17. The first-order valence-corrected chi connectivity index (χ1v) is 8.09. The molecular weight excluding hydrogens is 351 g/mol. The fraction of sp³-hybridized carbons (Fsp3) is 0.105. The number of ether oxygens (including phenoxy) is 1. The van der Waals surface area contributed by atoms with Crippen LogP contribution in [0.2, 0.25) is 0 Å². The molecule has 0 aliphatic carbocycles. The summed E-state index contributed by atoms with van der Waals surface area (Å²) in [7, 11) is 0. The maximum absolute atomic E-state index is 13.2. The number of halogens is 1. The van der Waals surface area contributed by atoms with Crippen molar-refractivity contribution in [1.82, 2.24) is 9.97 Å². The fourth-order valence-electron chi connectivity index (χ4n) is 2.38. The summed E-state index contributed by atoms with van der Waals surface area (Å²) in [4.78, 5) is 8.33. The van der Waals surface area contributed by atoms with E-state index in [-0.39, 0.29) is 35.6 Å². The second kappa shape index (κ2) is 8.24. The molecule has 0 fully saturated rings. The van der Waals surface area contributed by atoms with Crippen LogP contribution in [0.1, 0.15) is 17.0 Å². The van der Waals surface area contributed by atoms with Crippen LogP contribution in [0.25, 0.3) is 0 Å². The van der Waals surface area contributed by atoms with E-state index in [1.54, 1.807) is 0 Å². The lowest BCUT2D eigenvalue weighted by molar-refractivity contribution is -0.104. The molecule has 27 heavy (non-hydrogen) atoms. The number of aliphatic hydroxyl groups is 1. The predicted molar refractivity (Wildman–Crippen MR) is 97.2 cm³/mol. The summed E-state index contributed by atoms with van der Waals surface area (Å²) in [6.07, 6.45) is 1.25. The Morgan fingerprint density at radius 3 is 2.59 bits per heavy atom. The number of phenols is 1. The van der Waals surface area contributed by atoms with Gasteiger partial charge >= 0.3 is 0 Å². The number of nitrogens with two attached hydrogens (primary N) is 1. The molecule has 0 spiro atoms. The van der Waals surface area contributed by atoms with E-state index < -0.39 is 12.4 Å². The van der Waals surface area contributed by atoms with Gasteiger partial charge < -0.3 is 20.3 Å². The van der Waals surface area contributed by atoms with Crippen LogP contribution < -0.4 is 15.5 Å². The molecule has 138 valence electrons. The van der Waals surface area contributed by atoms with Gasteiger partial charge in [-0.3, -0.25) is 5.41 Å². The van der Waals surface area contributed by atoms with E-state index in [1.807, 2.05) is 30.3 Å². The predicted octanol–water partition coefficient (Wildman–Crippen LogP) is 1.31. The van der Waals surface area contributed by atoms with Crippen LogP contribution in [-0.4, -0.2) is 26.4 Å². The number of hydrogen-bond acceptors (Lipinski definition) is 6. The Bertz CT molecular complexity index is 951. The third-order valence-corrected chi connectivity index (χ3v) is 3.70. The van der Waals surface area contributed by atoms with Crippen molar-refractivity contribution in [2.45, 2.75) is 13.2 Å². The SMILES string of the molecule is [NH2+]=Cc1c(Nc2ccc(F)cc2O)nc(CO)nc1OCc1ccccc1. The van der Waals surface area contributed by atoms with Gasteiger partial charge in [0.05, 0.1) is 5.69 Å². The van der Waals surface area contributed by atoms with Crippen molar-refractivity contribution < 1.29 is 24.7 Å². The molecule has 3 rings (SSSR count). The van der Waals surface area contributed by atoms with Crippen LogP contribution >= 0.6 is 0 Å². The molecule has 0 unspecified atom stereocenters. The van der Waals surface area contributed by atoms with Crippen LogP contribution in [0.15, 0.2) is 48.5 Å². The number of phenolic OH excluding ortho intramolecular Hbond substituents is 1. The first-order chi connectivity index (χ1) is 13.1. The molecule has 0 atom stereocenters. The van der Waals surface area contributed by atoms with Gasteiger partial charge in [0.2, 0.25) is 5.88 Å². The summed E-state index contributed by atoms with van der Waals surface area (Å²) in [5.41, 5.74) is 1.48. The molecule has 1 heterocycles. The Balaban J connectivity index is 1.94. The Kier molecular flexibility index (Phi) is 5.58. The van der Waals surface area contributed by atoms with Crippen molar-refractivity contribution in [3.8, 4) is 11.6 Å². The van der Waals surface area contributed by atoms with E-state index in [9.17, 15) is 14.6 Å². The molecule has 0 bridgehead atoms. The number of rotatable bonds is 7. The lowest BCUT2D eigenvalue weighted by Crippen LogP contribution is -2.31. The first kappa shape index (κ1) is 18.3. The van der Waals surface area contributed by atoms with E-state index in [0.29, 0.717) is 5.56 Å². The number of hydrogen-bond donors (Lipinski definition) is 4. The standard InChI is InChI=1S/C19H17FN4O3/c20-13-6-7-15(16(26)8-13)22-18-14(9-21)19(24-17(10-25)23-18)27-11-12-4-2-1-3-5-12/h1-9,21,25-26H,10-11H2,(H,22,23,24)/p+1. The highest BCUT2D eigenvalue weighted by Crippen LogP contribution is 2.30. The molecule has 2 aromatic carbocycles. The molecule has 0 aliphatic rings. The lowest BCUT2D eigenvalue weighted by Gasteiger charge is -2.14. The van der Waals surface area contributed by atoms with E-state index in [1.165, 1.54) is 18.3 Å². The van der Waals surface area contributed by atoms with E-state index >= 15 is 0 Å². The van der Waals surface area contributed by atoms with Gasteiger partial charge in [0.15, 0.2) is 17.9 Å². The summed E-state index contributed by atoms with van der Waals surface area (Å²) in [5.74, 6) is -0.387. The monoisotopic (exact) mass is 369 g/mol. The van der Waals surface area contributed by atoms with E-state index in [4.69, 9.17) is 10.1 Å². The number of nitrogens with zero attached hydrogens (tertiary/aromatic N) is 2. The molecule has 0 aliphatic heterocycles. The zero-order chi connectivity index (χ0) is 19.2. The average molecular weight is 369 g/mol. The minimum atomic E-state index is -0.575. The van der Waals surface area contributed by atoms with Crippen molar-refractivity contribution in [3.05, 3.63) is 71.3 Å². The molecule has 0 radical (unpaired) electrons. The maximum atomic E-state index is 13.2. The molecular formula is C19H18FN4O3+. The van der Waals surface area contributed by atoms with E-state index in [0.717, 1.165) is 11.6 Å². The summed E-state index contributed by atoms with van der Waals surface area (Å²) >= 11 is 0. The minimum Gasteiger partial charge on any atom is -0.506 e. The molecule has 0 amide bonds. The van der Waals surface area contributed by atoms with Crippen molar-refractivity contribution >= 4 is 17.7 Å². The van der Waals surface area contributed by atoms with Crippen molar-refractivity contribution in [1.29, 1.82) is 0 Å². The van der Waals surface area contributed by atoms with Crippen molar-refractivity contribution in [2.75, 3.05) is 5.32 Å². The smallest absolute Gasteiger partial charge is 0.232 e. The van der Waals surface area contributed by atoms with Gasteiger partial charge in [0.25, 0.3) is 0 Å². The number of aliphatic hydroxyl groups excluding tert-OH is 1. The van der Waals surface area contributed by atoms with E-state index in [2.05, 4.69) is 15.3 Å². The largest absolute Gasteiger partial charge is 0.506 e. The number of aromatic hydroxyl groups is 1. The Labute approximate surface area is 154 Å². The highest BCUT2D eigenvalue weighted by atomic mass is 19.1. The average Bonchev–Trinajstić information content (AvgIpc) is 2.69. The second-order valence-corrected chi connectivity index (χ2v) is 5.59. The topological polar surface area (TPSA) is 113 Å². The molecule has 1 aromatic heterocycles. The molecule has 0 saturated heterocycles. The minimum absolute atomic E-state index is 0.104. The molecule has 8 heteroatoms. The zero-order valence-corrected chi connectivity index (χ0v) is 14.3. The number of nitrogens with one attached hydrogen (secondary N) is 1. The lowest BCUT2D eigenvalue weighted by atomic mass is 10.2. The molecule has 0 saturated carbocycles. The Morgan fingerprint density at radius 2 is 1.93 bits per heavy atom. The van der Waals surface area contributed by atoms with Crippen LogP contribution in [0.5, 0.6) is 11.6 Å². The van der Waals surface area contributed by atoms with Crippen molar-refractivity contribution in [3.63, 3.8) is 0 Å². The summed E-state index contributed by atoms with van der Waals surface area (Å²) < 4.78 is 18.9. The highest BCUT2D eigenvalue weighted by molar-refractivity contribution is 5.87. The zero-order valence-electron chi connectivity index (χ0n) is 14.3. The quantitative estimate of drug-likeness (QED) is 0.369. The van der Waals surface area contributed by atoms with Gasteiger partial charge in [-0.1, -0.05) is 30.3 Å². The molecule has 3 aromatic rings. The van der Waals surface area contributed by atoms with Gasteiger partial charge in [-0.05, 0) is 17.7 Å². The summed E-state index contributed by atoms with van der Waals surface area (Å²) in [5, 5.41) is 27.9. The fourth-order valence-corrected chi connectivity index (χ4v) is 2.38. The van der Waals surface area contributed by atoms with Crippen LogP contribution in [0, 0.1) is 5.82 Å². The number of benzene rings is 2. The number of aromatic nitrogens is 2. The second-order valence-electron chi connectivity index (χ2n) is 5.59. The maximum Gasteiger partial charge on any atom is 0.232 e. The third kappa shape index (κ3) is 4.36. The third-order valence-electron chi connectivity index (χ3n) is 3.70. The molecule has 5 N–H and O–H groups in total. The van der Waals surface area contributed by atoms with Crippen LogP contribution in [-0.2, 0) is 13.2 Å². The summed E-state index contributed by atoms with van der Waals surface area (Å²) in [6.45, 7) is -0.179. The van der Waals surface area contributed by atoms with Crippen LogP contribution in [0.3, 0.4) is 0 Å². The van der Waals surface area contributed by atoms with Gasteiger partial charge in [0, 0.05) is 6.07 Å².